The summed E-state index contributed by atoms with van der Waals surface area (Å²) in [5.41, 5.74) is 0. The molecule has 3 saturated heterocycles. The van der Waals surface area contributed by atoms with Crippen LogP contribution in [0.1, 0.15) is 44.9 Å². The Bertz CT molecular complexity index is 418. The molecular formula is C18H30N2O3. The predicted octanol–water partition coefficient (Wildman–Crippen LogP) is 1.66. The van der Waals surface area contributed by atoms with E-state index in [-0.39, 0.29) is 12.0 Å². The minimum Gasteiger partial charge on any atom is -0.379 e. The maximum absolute atomic E-state index is 13.2. The molecule has 4 rings (SSSR count). The van der Waals surface area contributed by atoms with Gasteiger partial charge in [-0.3, -0.25) is 9.69 Å². The van der Waals surface area contributed by atoms with Gasteiger partial charge in [0, 0.05) is 32.2 Å². The SMILES string of the molecule is O=C([C@@H]1C[C@H]2CC[C@H]1O2)N(CCN1CCOCC1)C1CCCC1. The molecule has 1 amide bonds. The van der Waals surface area contributed by atoms with Crippen LogP contribution in [0.15, 0.2) is 0 Å². The molecule has 4 aliphatic rings. The van der Waals surface area contributed by atoms with Crippen molar-refractivity contribution in [2.75, 3.05) is 39.4 Å². The summed E-state index contributed by atoms with van der Waals surface area (Å²) in [5, 5.41) is 0. The Labute approximate surface area is 139 Å². The number of nitrogens with zero attached hydrogens (tertiary/aromatic N) is 2. The lowest BCUT2D eigenvalue weighted by Gasteiger charge is -2.35. The van der Waals surface area contributed by atoms with E-state index in [9.17, 15) is 4.79 Å². The Morgan fingerprint density at radius 2 is 1.87 bits per heavy atom. The number of hydrogen-bond acceptors (Lipinski definition) is 4. The van der Waals surface area contributed by atoms with Crippen LogP contribution in [-0.4, -0.2) is 73.3 Å². The van der Waals surface area contributed by atoms with Gasteiger partial charge in [-0.05, 0) is 32.1 Å². The molecule has 3 atom stereocenters. The van der Waals surface area contributed by atoms with Crippen molar-refractivity contribution in [2.24, 2.45) is 5.92 Å². The number of rotatable bonds is 5. The molecule has 0 aromatic carbocycles. The second kappa shape index (κ2) is 7.08. The van der Waals surface area contributed by atoms with Crippen molar-refractivity contribution in [2.45, 2.75) is 63.2 Å². The summed E-state index contributed by atoms with van der Waals surface area (Å²) < 4.78 is 11.4. The molecule has 0 aromatic rings. The minimum atomic E-state index is 0.138. The highest BCUT2D eigenvalue weighted by Gasteiger charge is 2.46. The Morgan fingerprint density at radius 1 is 1.09 bits per heavy atom. The van der Waals surface area contributed by atoms with E-state index in [0.29, 0.717) is 18.1 Å². The standard InChI is InChI=1S/C18H30N2O3/c21-18(16-13-15-5-6-17(16)23-15)20(14-3-1-2-4-14)8-7-19-9-11-22-12-10-19/h14-17H,1-13H2/t15-,16-,17-/m1/s1. The van der Waals surface area contributed by atoms with E-state index < -0.39 is 0 Å². The summed E-state index contributed by atoms with van der Waals surface area (Å²) in [6.45, 7) is 5.55. The number of morpholine rings is 1. The van der Waals surface area contributed by atoms with Crippen molar-refractivity contribution in [1.29, 1.82) is 0 Å². The molecule has 5 nitrogen and oxygen atoms in total. The first-order chi connectivity index (χ1) is 11.3. The molecule has 0 unspecified atom stereocenters. The van der Waals surface area contributed by atoms with Crippen molar-refractivity contribution in [1.82, 2.24) is 9.80 Å². The first kappa shape index (κ1) is 15.9. The fourth-order valence-corrected chi connectivity index (χ4v) is 4.87. The topological polar surface area (TPSA) is 42.0 Å². The van der Waals surface area contributed by atoms with Crippen LogP contribution in [0, 0.1) is 5.92 Å². The van der Waals surface area contributed by atoms with Crippen LogP contribution >= 0.6 is 0 Å². The van der Waals surface area contributed by atoms with Crippen LogP contribution in [0.5, 0.6) is 0 Å². The molecule has 2 bridgehead atoms. The third kappa shape index (κ3) is 3.42. The molecule has 3 heterocycles. The summed E-state index contributed by atoms with van der Waals surface area (Å²) in [7, 11) is 0. The number of fused-ring (bicyclic) bond motifs is 2. The van der Waals surface area contributed by atoms with E-state index in [1.54, 1.807) is 0 Å². The van der Waals surface area contributed by atoms with Gasteiger partial charge in [0.25, 0.3) is 0 Å². The Balaban J connectivity index is 1.39. The van der Waals surface area contributed by atoms with Gasteiger partial charge in [0.05, 0.1) is 31.3 Å². The molecule has 0 spiro atoms. The average Bonchev–Trinajstić information content (AvgIpc) is 3.33. The quantitative estimate of drug-likeness (QED) is 0.772. The van der Waals surface area contributed by atoms with Gasteiger partial charge in [-0.1, -0.05) is 12.8 Å². The Morgan fingerprint density at radius 3 is 2.52 bits per heavy atom. The molecule has 3 aliphatic heterocycles. The van der Waals surface area contributed by atoms with Crippen LogP contribution in [0.2, 0.25) is 0 Å². The number of ether oxygens (including phenoxy) is 2. The van der Waals surface area contributed by atoms with Crippen molar-refractivity contribution in [3.8, 4) is 0 Å². The Kier molecular flexibility index (Phi) is 4.88. The normalized spacial score (nSPS) is 35.0. The fraction of sp³-hybridized carbons (Fsp3) is 0.944. The van der Waals surface area contributed by atoms with Gasteiger partial charge < -0.3 is 14.4 Å². The van der Waals surface area contributed by atoms with E-state index in [1.165, 1.54) is 25.7 Å². The average molecular weight is 322 g/mol. The van der Waals surface area contributed by atoms with Gasteiger partial charge in [0.15, 0.2) is 0 Å². The van der Waals surface area contributed by atoms with Crippen molar-refractivity contribution in [3.05, 3.63) is 0 Å². The molecule has 0 aromatic heterocycles. The van der Waals surface area contributed by atoms with E-state index in [2.05, 4.69) is 9.80 Å². The molecule has 1 aliphatic carbocycles. The molecule has 0 radical (unpaired) electrons. The van der Waals surface area contributed by atoms with Gasteiger partial charge >= 0.3 is 0 Å². The summed E-state index contributed by atoms with van der Waals surface area (Å²) in [6, 6.07) is 0.475. The second-order valence-corrected chi connectivity index (χ2v) is 7.64. The lowest BCUT2D eigenvalue weighted by atomic mass is 9.87. The zero-order chi connectivity index (χ0) is 15.6. The van der Waals surface area contributed by atoms with Crippen LogP contribution in [0.4, 0.5) is 0 Å². The van der Waals surface area contributed by atoms with Gasteiger partial charge in [0.1, 0.15) is 0 Å². The smallest absolute Gasteiger partial charge is 0.228 e. The van der Waals surface area contributed by atoms with E-state index >= 15 is 0 Å². The third-order valence-electron chi connectivity index (χ3n) is 6.23. The monoisotopic (exact) mass is 322 g/mol. The van der Waals surface area contributed by atoms with Crippen molar-refractivity contribution in [3.63, 3.8) is 0 Å². The molecule has 1 saturated carbocycles. The highest BCUT2D eigenvalue weighted by Crippen LogP contribution is 2.40. The minimum absolute atomic E-state index is 0.138. The molecule has 4 fully saturated rings. The van der Waals surface area contributed by atoms with E-state index in [1.807, 2.05) is 0 Å². The number of carbonyl (C=O) groups excluding carboxylic acids is 1. The zero-order valence-electron chi connectivity index (χ0n) is 14.1. The highest BCUT2D eigenvalue weighted by molar-refractivity contribution is 5.80. The van der Waals surface area contributed by atoms with Gasteiger partial charge in [-0.15, -0.1) is 0 Å². The van der Waals surface area contributed by atoms with Crippen molar-refractivity contribution >= 4 is 5.91 Å². The summed E-state index contributed by atoms with van der Waals surface area (Å²) in [4.78, 5) is 17.9. The lowest BCUT2D eigenvalue weighted by Crippen LogP contribution is -2.49. The summed E-state index contributed by atoms with van der Waals surface area (Å²) >= 11 is 0. The number of carbonyl (C=O) groups is 1. The highest BCUT2D eigenvalue weighted by atomic mass is 16.5. The molecular weight excluding hydrogens is 292 g/mol. The Hall–Kier alpha value is -0.650. The zero-order valence-corrected chi connectivity index (χ0v) is 14.1. The molecule has 5 heteroatoms. The van der Waals surface area contributed by atoms with E-state index in [0.717, 1.165) is 58.7 Å². The second-order valence-electron chi connectivity index (χ2n) is 7.64. The summed E-state index contributed by atoms with van der Waals surface area (Å²) in [6.07, 6.45) is 8.71. The number of hydrogen-bond donors (Lipinski definition) is 0. The first-order valence-corrected chi connectivity index (χ1v) is 9.57. The first-order valence-electron chi connectivity index (χ1n) is 9.57. The maximum Gasteiger partial charge on any atom is 0.228 e. The van der Waals surface area contributed by atoms with E-state index in [4.69, 9.17) is 9.47 Å². The van der Waals surface area contributed by atoms with Crippen LogP contribution in [-0.2, 0) is 14.3 Å². The largest absolute Gasteiger partial charge is 0.379 e. The van der Waals surface area contributed by atoms with Gasteiger partial charge in [0.2, 0.25) is 5.91 Å². The fourth-order valence-electron chi connectivity index (χ4n) is 4.87. The van der Waals surface area contributed by atoms with Crippen molar-refractivity contribution < 1.29 is 14.3 Å². The predicted molar refractivity (Wildman–Crippen MR) is 87.2 cm³/mol. The molecule has 0 N–H and O–H groups in total. The maximum atomic E-state index is 13.2. The van der Waals surface area contributed by atoms with Gasteiger partial charge in [-0.2, -0.15) is 0 Å². The van der Waals surface area contributed by atoms with Gasteiger partial charge in [-0.25, -0.2) is 0 Å². The third-order valence-corrected chi connectivity index (χ3v) is 6.23. The van der Waals surface area contributed by atoms with Crippen LogP contribution in [0.25, 0.3) is 0 Å². The van der Waals surface area contributed by atoms with Crippen LogP contribution < -0.4 is 0 Å². The summed E-state index contributed by atoms with van der Waals surface area (Å²) in [5.74, 6) is 0.524. The molecule has 130 valence electrons. The lowest BCUT2D eigenvalue weighted by molar-refractivity contribution is -0.140. The molecule has 23 heavy (non-hydrogen) atoms. The van der Waals surface area contributed by atoms with Crippen LogP contribution in [0.3, 0.4) is 0 Å². The number of amides is 1.